The van der Waals surface area contributed by atoms with Crippen LogP contribution in [0.2, 0.25) is 0 Å². The third-order valence-corrected chi connectivity index (χ3v) is 10.5. The van der Waals surface area contributed by atoms with Crippen LogP contribution in [-0.4, -0.2) is 6.29 Å². The fourth-order valence-corrected chi connectivity index (χ4v) is 8.83. The minimum atomic E-state index is 0.294. The van der Waals surface area contributed by atoms with Crippen LogP contribution in [0.5, 0.6) is 0 Å². The van der Waals surface area contributed by atoms with E-state index in [-0.39, 0.29) is 0 Å². The van der Waals surface area contributed by atoms with Gasteiger partial charge < -0.3 is 4.79 Å². The molecule has 0 heterocycles. The molecule has 0 saturated heterocycles. The monoisotopic (exact) mass is 398 g/mol. The van der Waals surface area contributed by atoms with Crippen molar-refractivity contribution >= 4 is 6.29 Å². The molecule has 0 aromatic rings. The molecule has 3 fully saturated rings. The molecule has 164 valence electrons. The highest BCUT2D eigenvalue weighted by atomic mass is 16.1. The summed E-state index contributed by atoms with van der Waals surface area (Å²) in [4.78, 5) is 11.4. The largest absolute Gasteiger partial charge is 0.303 e. The number of aldehydes is 1. The third kappa shape index (κ3) is 3.67. The van der Waals surface area contributed by atoms with Crippen LogP contribution in [0.3, 0.4) is 0 Å². The van der Waals surface area contributed by atoms with Crippen LogP contribution >= 0.6 is 0 Å². The Balaban J connectivity index is 1.49. The fourth-order valence-electron chi connectivity index (χ4n) is 8.83. The molecule has 4 aliphatic carbocycles. The smallest absolute Gasteiger partial charge is 0.123 e. The molecule has 0 aromatic carbocycles. The summed E-state index contributed by atoms with van der Waals surface area (Å²) in [5.74, 6) is 5.71. The number of fused-ring (bicyclic) bond motifs is 5. The van der Waals surface area contributed by atoms with Gasteiger partial charge in [-0.15, -0.1) is 0 Å². The van der Waals surface area contributed by atoms with E-state index in [1.165, 1.54) is 64.1 Å². The predicted octanol–water partition coefficient (Wildman–Crippen LogP) is 7.84. The van der Waals surface area contributed by atoms with Gasteiger partial charge in [-0.2, -0.15) is 0 Å². The van der Waals surface area contributed by atoms with E-state index >= 15 is 0 Å². The van der Waals surface area contributed by atoms with Crippen LogP contribution in [-0.2, 0) is 4.79 Å². The quantitative estimate of drug-likeness (QED) is 0.329. The van der Waals surface area contributed by atoms with E-state index in [9.17, 15) is 4.79 Å². The molecule has 0 bridgehead atoms. The van der Waals surface area contributed by atoms with E-state index in [0.29, 0.717) is 16.7 Å². The topological polar surface area (TPSA) is 17.1 Å². The van der Waals surface area contributed by atoms with Crippen molar-refractivity contribution in [2.24, 2.45) is 52.3 Å². The molecule has 0 radical (unpaired) electrons. The Hall–Kier alpha value is -0.590. The molecule has 4 aliphatic rings. The Kier molecular flexibility index (Phi) is 6.09. The van der Waals surface area contributed by atoms with E-state index in [1.54, 1.807) is 5.57 Å². The summed E-state index contributed by atoms with van der Waals surface area (Å²) in [6, 6.07) is 0. The van der Waals surface area contributed by atoms with E-state index in [0.717, 1.165) is 48.3 Å². The van der Waals surface area contributed by atoms with Gasteiger partial charge in [-0.25, -0.2) is 0 Å². The van der Waals surface area contributed by atoms with Crippen molar-refractivity contribution < 1.29 is 4.79 Å². The highest BCUT2D eigenvalue weighted by Gasteiger charge is 2.59. The highest BCUT2D eigenvalue weighted by molar-refractivity contribution is 5.55. The number of rotatable bonds is 6. The molecule has 1 heteroatoms. The van der Waals surface area contributed by atoms with Gasteiger partial charge in [0.05, 0.1) is 0 Å². The standard InChI is InChI=1S/C28H46O/c1-19(2)7-6-8-20(3)24-11-12-25-23-10-9-22-17-21(18-29)13-15-27(22,4)26(23)14-16-28(24,25)5/h9,18-21,23-26H,6-8,10-17H2,1-5H3/t20-,21?,23+,24-,25+,26+,27+,28-/m1/s1. The van der Waals surface area contributed by atoms with Crippen molar-refractivity contribution in [1.29, 1.82) is 0 Å². The zero-order valence-electron chi connectivity index (χ0n) is 19.9. The Bertz CT molecular complexity index is 632. The van der Waals surface area contributed by atoms with Crippen LogP contribution < -0.4 is 0 Å². The zero-order chi connectivity index (χ0) is 20.8. The van der Waals surface area contributed by atoms with Gasteiger partial charge in [0.25, 0.3) is 0 Å². The first-order valence-corrected chi connectivity index (χ1v) is 12.9. The second-order valence-electron chi connectivity index (χ2n) is 12.4. The Morgan fingerprint density at radius 1 is 1.03 bits per heavy atom. The van der Waals surface area contributed by atoms with Gasteiger partial charge in [-0.05, 0) is 97.7 Å². The van der Waals surface area contributed by atoms with Crippen LogP contribution in [0, 0.1) is 52.3 Å². The minimum absolute atomic E-state index is 0.294. The summed E-state index contributed by atoms with van der Waals surface area (Å²) in [6.07, 6.45) is 18.7. The van der Waals surface area contributed by atoms with Gasteiger partial charge in [0.1, 0.15) is 6.29 Å². The first kappa shape index (κ1) is 21.6. The maximum absolute atomic E-state index is 11.4. The molecular formula is C28H46O. The maximum Gasteiger partial charge on any atom is 0.123 e. The SMILES string of the molecule is CC(C)CCC[C@@H](C)[C@H]1CC[C@H]2[C@@H]3CC=C4CC(C=O)CC[C@]4(C)[C@H]3CC[C@]12C. The van der Waals surface area contributed by atoms with E-state index in [4.69, 9.17) is 0 Å². The first-order valence-electron chi connectivity index (χ1n) is 12.9. The predicted molar refractivity (Wildman–Crippen MR) is 123 cm³/mol. The molecular weight excluding hydrogens is 352 g/mol. The lowest BCUT2D eigenvalue weighted by atomic mass is 9.46. The molecule has 0 aliphatic heterocycles. The molecule has 0 N–H and O–H groups in total. The number of hydrogen-bond acceptors (Lipinski definition) is 1. The van der Waals surface area contributed by atoms with Crippen LogP contribution in [0.4, 0.5) is 0 Å². The Morgan fingerprint density at radius 3 is 2.55 bits per heavy atom. The number of carbonyl (C=O) groups is 1. The fraction of sp³-hybridized carbons (Fsp3) is 0.893. The van der Waals surface area contributed by atoms with E-state index in [1.807, 2.05) is 0 Å². The van der Waals surface area contributed by atoms with Crippen LogP contribution in [0.15, 0.2) is 11.6 Å². The number of hydrogen-bond donors (Lipinski definition) is 0. The Morgan fingerprint density at radius 2 is 1.83 bits per heavy atom. The maximum atomic E-state index is 11.4. The summed E-state index contributed by atoms with van der Waals surface area (Å²) < 4.78 is 0. The van der Waals surface area contributed by atoms with Gasteiger partial charge in [0.15, 0.2) is 0 Å². The van der Waals surface area contributed by atoms with Gasteiger partial charge in [-0.3, -0.25) is 0 Å². The lowest BCUT2D eigenvalue weighted by Gasteiger charge is -2.58. The summed E-state index contributed by atoms with van der Waals surface area (Å²) in [6.45, 7) is 12.6. The lowest BCUT2D eigenvalue weighted by molar-refractivity contribution is -0.112. The summed E-state index contributed by atoms with van der Waals surface area (Å²) in [5.41, 5.74) is 2.63. The molecule has 0 amide bonds. The average Bonchev–Trinajstić information content (AvgIpc) is 3.04. The summed E-state index contributed by atoms with van der Waals surface area (Å²) in [5, 5.41) is 0. The highest BCUT2D eigenvalue weighted by Crippen LogP contribution is 2.67. The summed E-state index contributed by atoms with van der Waals surface area (Å²) >= 11 is 0. The molecule has 3 saturated carbocycles. The average molecular weight is 399 g/mol. The van der Waals surface area contributed by atoms with Gasteiger partial charge in [0, 0.05) is 5.92 Å². The molecule has 0 spiro atoms. The van der Waals surface area contributed by atoms with Crippen molar-refractivity contribution in [2.45, 2.75) is 105 Å². The molecule has 1 nitrogen and oxygen atoms in total. The van der Waals surface area contributed by atoms with Crippen molar-refractivity contribution in [3.05, 3.63) is 11.6 Å². The van der Waals surface area contributed by atoms with Crippen molar-refractivity contribution in [3.8, 4) is 0 Å². The molecule has 29 heavy (non-hydrogen) atoms. The number of carbonyl (C=O) groups excluding carboxylic acids is 1. The minimum Gasteiger partial charge on any atom is -0.303 e. The van der Waals surface area contributed by atoms with Gasteiger partial charge >= 0.3 is 0 Å². The van der Waals surface area contributed by atoms with Crippen LogP contribution in [0.25, 0.3) is 0 Å². The molecule has 1 unspecified atom stereocenters. The molecule has 0 aromatic heterocycles. The first-order chi connectivity index (χ1) is 13.8. The molecule has 4 rings (SSSR count). The Labute approximate surface area is 180 Å². The second kappa shape index (κ2) is 8.16. The van der Waals surface area contributed by atoms with Crippen molar-refractivity contribution in [1.82, 2.24) is 0 Å². The van der Waals surface area contributed by atoms with E-state index in [2.05, 4.69) is 40.7 Å². The lowest BCUT2D eigenvalue weighted by Crippen LogP contribution is -2.50. The van der Waals surface area contributed by atoms with Gasteiger partial charge in [0.2, 0.25) is 0 Å². The second-order valence-corrected chi connectivity index (χ2v) is 12.4. The third-order valence-electron chi connectivity index (χ3n) is 10.5. The van der Waals surface area contributed by atoms with Gasteiger partial charge in [-0.1, -0.05) is 65.5 Å². The van der Waals surface area contributed by atoms with Crippen LogP contribution in [0.1, 0.15) is 105 Å². The summed E-state index contributed by atoms with van der Waals surface area (Å²) in [7, 11) is 0. The van der Waals surface area contributed by atoms with Crippen molar-refractivity contribution in [2.75, 3.05) is 0 Å². The van der Waals surface area contributed by atoms with E-state index < -0.39 is 0 Å². The number of allylic oxidation sites excluding steroid dienone is 2. The molecule has 8 atom stereocenters. The zero-order valence-corrected chi connectivity index (χ0v) is 19.9. The normalized spacial score (nSPS) is 45.2. The van der Waals surface area contributed by atoms with Crippen molar-refractivity contribution in [3.63, 3.8) is 0 Å².